The number of rotatable bonds is 3. The predicted octanol–water partition coefficient (Wildman–Crippen LogP) is 0.217. The van der Waals surface area contributed by atoms with E-state index in [2.05, 4.69) is 15.3 Å². The van der Waals surface area contributed by atoms with Gasteiger partial charge in [-0.1, -0.05) is 0 Å². The molecule has 1 N–H and O–H groups in total. The van der Waals surface area contributed by atoms with Crippen molar-refractivity contribution in [3.8, 4) is 5.88 Å². The highest BCUT2D eigenvalue weighted by atomic mass is 16.5. The van der Waals surface area contributed by atoms with Crippen molar-refractivity contribution < 1.29 is 4.74 Å². The third-order valence-electron chi connectivity index (χ3n) is 1.90. The van der Waals surface area contributed by atoms with Gasteiger partial charge in [-0.2, -0.15) is 0 Å². The maximum Gasteiger partial charge on any atom is 0.232 e. The molecule has 1 fully saturated rings. The Kier molecular flexibility index (Phi) is 2.18. The van der Waals surface area contributed by atoms with Crippen LogP contribution in [-0.2, 0) is 0 Å². The fourth-order valence-corrected chi connectivity index (χ4v) is 1.04. The molecule has 0 bridgehead atoms. The molecule has 4 nitrogen and oxygen atoms in total. The van der Waals surface area contributed by atoms with Crippen molar-refractivity contribution in [1.29, 1.82) is 0 Å². The fourth-order valence-electron chi connectivity index (χ4n) is 1.04. The average Bonchev–Trinajstić information content (AvgIpc) is 2.04. The van der Waals surface area contributed by atoms with Crippen LogP contribution < -0.4 is 10.1 Å². The van der Waals surface area contributed by atoms with Gasteiger partial charge in [0.15, 0.2) is 0 Å². The summed E-state index contributed by atoms with van der Waals surface area (Å²) in [5.74, 6) is 0.603. The first kappa shape index (κ1) is 7.49. The molecule has 2 rings (SSSR count). The molecule has 0 unspecified atom stereocenters. The van der Waals surface area contributed by atoms with Crippen LogP contribution in [0.5, 0.6) is 5.88 Å². The molecular weight excluding hydrogens is 154 g/mol. The summed E-state index contributed by atoms with van der Waals surface area (Å²) in [7, 11) is 0. The van der Waals surface area contributed by atoms with E-state index in [4.69, 9.17) is 4.74 Å². The zero-order valence-electron chi connectivity index (χ0n) is 6.73. The molecule has 0 amide bonds. The maximum atomic E-state index is 5.37. The van der Waals surface area contributed by atoms with Crippen LogP contribution in [-0.4, -0.2) is 29.2 Å². The normalized spacial score (nSPS) is 21.5. The van der Waals surface area contributed by atoms with Gasteiger partial charge < -0.3 is 10.1 Å². The molecule has 1 saturated heterocycles. The van der Waals surface area contributed by atoms with Crippen LogP contribution in [0.4, 0.5) is 0 Å². The Morgan fingerprint density at radius 2 is 2.50 bits per heavy atom. The minimum absolute atomic E-state index is 0.506. The Hall–Kier alpha value is -1.16. The molecule has 1 aromatic rings. The van der Waals surface area contributed by atoms with Crippen LogP contribution >= 0.6 is 0 Å². The van der Waals surface area contributed by atoms with Crippen molar-refractivity contribution in [3.05, 3.63) is 18.6 Å². The standard InChI is InChI=1S/C8H11N3O/c1-2-10-7(1)6-12-8-5-9-3-4-11-8/h3-5,7,10H,1-2,6H2/t7-/m0/s1. The van der Waals surface area contributed by atoms with Crippen molar-refractivity contribution in [2.45, 2.75) is 12.5 Å². The van der Waals surface area contributed by atoms with E-state index in [0.717, 1.165) is 6.54 Å². The summed E-state index contributed by atoms with van der Waals surface area (Å²) in [4.78, 5) is 7.90. The number of nitrogens with one attached hydrogen (secondary N) is 1. The number of nitrogens with zero attached hydrogens (tertiary/aromatic N) is 2. The minimum atomic E-state index is 0.506. The molecule has 0 spiro atoms. The van der Waals surface area contributed by atoms with Gasteiger partial charge in [-0.25, -0.2) is 4.98 Å². The van der Waals surface area contributed by atoms with E-state index in [-0.39, 0.29) is 0 Å². The van der Waals surface area contributed by atoms with E-state index < -0.39 is 0 Å². The summed E-state index contributed by atoms with van der Waals surface area (Å²) in [5, 5.41) is 3.24. The number of aromatic nitrogens is 2. The molecule has 4 heteroatoms. The number of ether oxygens (including phenoxy) is 1. The highest BCUT2D eigenvalue weighted by Gasteiger charge is 2.16. The predicted molar refractivity (Wildman–Crippen MR) is 43.9 cm³/mol. The molecule has 0 radical (unpaired) electrons. The molecular formula is C8H11N3O. The second-order valence-corrected chi connectivity index (χ2v) is 2.79. The Balaban J connectivity index is 1.79. The van der Waals surface area contributed by atoms with E-state index in [0.29, 0.717) is 18.5 Å². The molecule has 1 aromatic heterocycles. The molecule has 1 aliphatic heterocycles. The Morgan fingerprint density at radius 1 is 1.58 bits per heavy atom. The minimum Gasteiger partial charge on any atom is -0.475 e. The van der Waals surface area contributed by atoms with Crippen molar-refractivity contribution in [2.75, 3.05) is 13.2 Å². The van der Waals surface area contributed by atoms with E-state index in [1.807, 2.05) is 0 Å². The highest BCUT2D eigenvalue weighted by molar-refractivity contribution is 5.01. The van der Waals surface area contributed by atoms with Gasteiger partial charge in [-0.05, 0) is 13.0 Å². The van der Waals surface area contributed by atoms with Crippen LogP contribution in [0.25, 0.3) is 0 Å². The number of hydrogen-bond acceptors (Lipinski definition) is 4. The topological polar surface area (TPSA) is 47.0 Å². The second-order valence-electron chi connectivity index (χ2n) is 2.79. The van der Waals surface area contributed by atoms with E-state index in [9.17, 15) is 0 Å². The van der Waals surface area contributed by atoms with Gasteiger partial charge in [0.25, 0.3) is 0 Å². The fraction of sp³-hybridized carbons (Fsp3) is 0.500. The first-order chi connectivity index (χ1) is 5.95. The van der Waals surface area contributed by atoms with Gasteiger partial charge in [0.2, 0.25) is 5.88 Å². The lowest BCUT2D eigenvalue weighted by molar-refractivity contribution is 0.210. The van der Waals surface area contributed by atoms with Gasteiger partial charge in [0.1, 0.15) is 6.61 Å². The summed E-state index contributed by atoms with van der Waals surface area (Å²) >= 11 is 0. The van der Waals surface area contributed by atoms with Crippen LogP contribution in [0.2, 0.25) is 0 Å². The number of hydrogen-bond donors (Lipinski definition) is 1. The van der Waals surface area contributed by atoms with Gasteiger partial charge >= 0.3 is 0 Å². The molecule has 0 saturated carbocycles. The SMILES string of the molecule is c1cnc(OC[C@@H]2CCN2)cn1. The summed E-state index contributed by atoms with van der Waals surface area (Å²) in [5.41, 5.74) is 0. The van der Waals surface area contributed by atoms with E-state index in [1.165, 1.54) is 6.42 Å². The first-order valence-corrected chi connectivity index (χ1v) is 4.07. The average molecular weight is 165 g/mol. The van der Waals surface area contributed by atoms with Crippen LogP contribution in [0.3, 0.4) is 0 Å². The molecule has 2 heterocycles. The largest absolute Gasteiger partial charge is 0.475 e. The van der Waals surface area contributed by atoms with Gasteiger partial charge in [0, 0.05) is 18.4 Å². The lowest BCUT2D eigenvalue weighted by Crippen LogP contribution is -2.46. The lowest BCUT2D eigenvalue weighted by atomic mass is 10.1. The Labute approximate surface area is 71.0 Å². The smallest absolute Gasteiger partial charge is 0.232 e. The van der Waals surface area contributed by atoms with E-state index in [1.54, 1.807) is 18.6 Å². The van der Waals surface area contributed by atoms with Crippen molar-refractivity contribution in [1.82, 2.24) is 15.3 Å². The maximum absolute atomic E-state index is 5.37. The second kappa shape index (κ2) is 3.49. The molecule has 1 aliphatic rings. The van der Waals surface area contributed by atoms with Gasteiger partial charge in [0.05, 0.1) is 6.20 Å². The molecule has 12 heavy (non-hydrogen) atoms. The van der Waals surface area contributed by atoms with Crippen molar-refractivity contribution in [2.24, 2.45) is 0 Å². The lowest BCUT2D eigenvalue weighted by Gasteiger charge is -2.26. The molecule has 64 valence electrons. The third kappa shape index (κ3) is 1.71. The molecule has 0 aliphatic carbocycles. The van der Waals surface area contributed by atoms with Crippen LogP contribution in [0, 0.1) is 0 Å². The Bertz CT molecular complexity index is 235. The molecule has 1 atom stereocenters. The monoisotopic (exact) mass is 165 g/mol. The molecule has 0 aromatic carbocycles. The highest BCUT2D eigenvalue weighted by Crippen LogP contribution is 2.06. The quantitative estimate of drug-likeness (QED) is 0.696. The van der Waals surface area contributed by atoms with Gasteiger partial charge in [-0.15, -0.1) is 0 Å². The van der Waals surface area contributed by atoms with E-state index >= 15 is 0 Å². The van der Waals surface area contributed by atoms with Crippen LogP contribution in [0.1, 0.15) is 6.42 Å². The van der Waals surface area contributed by atoms with Crippen molar-refractivity contribution in [3.63, 3.8) is 0 Å². The summed E-state index contributed by atoms with van der Waals surface area (Å²) in [6.07, 6.45) is 6.08. The van der Waals surface area contributed by atoms with Crippen molar-refractivity contribution >= 4 is 0 Å². The zero-order valence-corrected chi connectivity index (χ0v) is 6.73. The first-order valence-electron chi connectivity index (χ1n) is 4.07. The zero-order chi connectivity index (χ0) is 8.23. The summed E-state index contributed by atoms with van der Waals surface area (Å²) in [6.45, 7) is 1.80. The Morgan fingerprint density at radius 3 is 3.08 bits per heavy atom. The summed E-state index contributed by atoms with van der Waals surface area (Å²) < 4.78 is 5.37. The van der Waals surface area contributed by atoms with Gasteiger partial charge in [-0.3, -0.25) is 4.98 Å². The van der Waals surface area contributed by atoms with Crippen LogP contribution in [0.15, 0.2) is 18.6 Å². The third-order valence-corrected chi connectivity index (χ3v) is 1.90. The summed E-state index contributed by atoms with van der Waals surface area (Å²) in [6, 6.07) is 0.506.